The van der Waals surface area contributed by atoms with E-state index in [-0.39, 0.29) is 5.75 Å². The van der Waals surface area contributed by atoms with Crippen LogP contribution < -0.4 is 4.74 Å². The molecule has 0 aliphatic carbocycles. The minimum absolute atomic E-state index is 0.196. The summed E-state index contributed by atoms with van der Waals surface area (Å²) in [4.78, 5) is 3.25. The van der Waals surface area contributed by atoms with Crippen molar-refractivity contribution in [1.29, 1.82) is 0 Å². The number of halogens is 4. The molecule has 0 N–H and O–H groups in total. The number of rotatable bonds is 2. The number of nitrogens with zero attached hydrogens (tertiary/aromatic N) is 1. The third-order valence-corrected chi connectivity index (χ3v) is 1.81. The third-order valence-electron chi connectivity index (χ3n) is 1.00. The Balaban J connectivity index is 2.90. The third kappa shape index (κ3) is 2.50. The summed E-state index contributed by atoms with van der Waals surface area (Å²) in [6.07, 6.45) is 1.12. The Kier molecular flexibility index (Phi) is 3.12. The lowest BCUT2D eigenvalue weighted by Crippen LogP contribution is -2.04. The van der Waals surface area contributed by atoms with E-state index in [0.29, 0.717) is 3.57 Å². The second-order valence-electron chi connectivity index (χ2n) is 1.82. The molecule has 0 amide bonds. The summed E-state index contributed by atoms with van der Waals surface area (Å²) < 4.78 is 40.0. The molecule has 66 valence electrons. The van der Waals surface area contributed by atoms with Gasteiger partial charge in [-0.05, 0) is 22.6 Å². The SMILES string of the molecule is Fc1cc(OC(F)F)c(I)cn1. The quantitative estimate of drug-likeness (QED) is 0.616. The number of ether oxygens (including phenoxy) is 1. The molecule has 0 unspecified atom stereocenters. The van der Waals surface area contributed by atoms with Gasteiger partial charge in [0.2, 0.25) is 5.95 Å². The highest BCUT2D eigenvalue weighted by Gasteiger charge is 2.09. The van der Waals surface area contributed by atoms with E-state index in [1.165, 1.54) is 0 Å². The maximum Gasteiger partial charge on any atom is 0.387 e. The van der Waals surface area contributed by atoms with Crippen molar-refractivity contribution in [1.82, 2.24) is 4.98 Å². The molecule has 1 heterocycles. The average Bonchev–Trinajstić information content (AvgIpc) is 1.96. The minimum atomic E-state index is -2.94. The second kappa shape index (κ2) is 3.92. The maximum atomic E-state index is 12.4. The summed E-state index contributed by atoms with van der Waals surface area (Å²) in [6, 6.07) is 0.813. The van der Waals surface area contributed by atoms with Crippen molar-refractivity contribution < 1.29 is 17.9 Å². The molecule has 0 spiro atoms. The molecule has 6 heteroatoms. The Hall–Kier alpha value is -0.530. The van der Waals surface area contributed by atoms with Gasteiger partial charge in [-0.2, -0.15) is 13.2 Å². The van der Waals surface area contributed by atoms with Gasteiger partial charge in [0, 0.05) is 12.3 Å². The summed E-state index contributed by atoms with van der Waals surface area (Å²) in [7, 11) is 0. The Morgan fingerprint density at radius 3 is 2.75 bits per heavy atom. The van der Waals surface area contributed by atoms with E-state index in [1.807, 2.05) is 0 Å². The van der Waals surface area contributed by atoms with Crippen LogP contribution >= 0.6 is 22.6 Å². The van der Waals surface area contributed by atoms with Crippen LogP contribution in [0.5, 0.6) is 5.75 Å². The van der Waals surface area contributed by atoms with Crippen molar-refractivity contribution in [3.05, 3.63) is 21.8 Å². The molecule has 2 nitrogen and oxygen atoms in total. The van der Waals surface area contributed by atoms with E-state index < -0.39 is 12.6 Å². The number of alkyl halides is 2. The number of hydrogen-bond donors (Lipinski definition) is 0. The molecule has 0 fully saturated rings. The first kappa shape index (κ1) is 9.56. The maximum absolute atomic E-state index is 12.4. The summed E-state index contributed by atoms with van der Waals surface area (Å²) in [5.41, 5.74) is 0. The number of aromatic nitrogens is 1. The van der Waals surface area contributed by atoms with Gasteiger partial charge in [0.25, 0.3) is 0 Å². The molecular weight excluding hydrogens is 286 g/mol. The van der Waals surface area contributed by atoms with Crippen molar-refractivity contribution in [3.63, 3.8) is 0 Å². The topological polar surface area (TPSA) is 22.1 Å². The van der Waals surface area contributed by atoms with Crippen LogP contribution in [0.4, 0.5) is 13.2 Å². The molecule has 0 bridgehead atoms. The zero-order valence-electron chi connectivity index (χ0n) is 5.60. The fourth-order valence-electron chi connectivity index (χ4n) is 0.583. The molecule has 1 aromatic heterocycles. The van der Waals surface area contributed by atoms with E-state index in [0.717, 1.165) is 12.3 Å². The summed E-state index contributed by atoms with van der Waals surface area (Å²) in [6.45, 7) is -2.94. The van der Waals surface area contributed by atoms with E-state index >= 15 is 0 Å². The van der Waals surface area contributed by atoms with Crippen molar-refractivity contribution in [3.8, 4) is 5.75 Å². The lowest BCUT2D eigenvalue weighted by Gasteiger charge is -2.05. The second-order valence-corrected chi connectivity index (χ2v) is 2.98. The van der Waals surface area contributed by atoms with Crippen molar-refractivity contribution in [2.24, 2.45) is 0 Å². The van der Waals surface area contributed by atoms with Crippen LogP contribution in [0.25, 0.3) is 0 Å². The van der Waals surface area contributed by atoms with Gasteiger partial charge in [0.1, 0.15) is 5.75 Å². The van der Waals surface area contributed by atoms with Crippen LogP contribution in [-0.4, -0.2) is 11.6 Å². The van der Waals surface area contributed by atoms with Gasteiger partial charge in [-0.3, -0.25) is 0 Å². The van der Waals surface area contributed by atoms with E-state index in [2.05, 4.69) is 9.72 Å². The van der Waals surface area contributed by atoms with Gasteiger partial charge in [-0.25, -0.2) is 4.98 Å². The highest BCUT2D eigenvalue weighted by molar-refractivity contribution is 14.1. The molecule has 12 heavy (non-hydrogen) atoms. The molecule has 0 saturated heterocycles. The first-order valence-electron chi connectivity index (χ1n) is 2.85. The van der Waals surface area contributed by atoms with Crippen LogP contribution in [0, 0.1) is 9.52 Å². The van der Waals surface area contributed by atoms with Crippen molar-refractivity contribution in [2.45, 2.75) is 6.61 Å². The highest BCUT2D eigenvalue weighted by atomic mass is 127. The highest BCUT2D eigenvalue weighted by Crippen LogP contribution is 2.21. The lowest BCUT2D eigenvalue weighted by molar-refractivity contribution is -0.0506. The van der Waals surface area contributed by atoms with E-state index in [9.17, 15) is 13.2 Å². The summed E-state index contributed by atoms with van der Waals surface area (Å²) in [5.74, 6) is -1.04. The number of pyridine rings is 1. The predicted octanol–water partition coefficient (Wildman–Crippen LogP) is 2.43. The Morgan fingerprint density at radius 2 is 2.17 bits per heavy atom. The van der Waals surface area contributed by atoms with Crippen LogP contribution in [0.2, 0.25) is 0 Å². The van der Waals surface area contributed by atoms with Crippen molar-refractivity contribution >= 4 is 22.6 Å². The molecule has 0 saturated carbocycles. The Morgan fingerprint density at radius 1 is 1.50 bits per heavy atom. The normalized spacial score (nSPS) is 10.4. The van der Waals surface area contributed by atoms with Crippen LogP contribution in [0.1, 0.15) is 0 Å². The van der Waals surface area contributed by atoms with E-state index in [4.69, 9.17) is 0 Å². The fraction of sp³-hybridized carbons (Fsp3) is 0.167. The molecule has 1 rings (SSSR count). The Bertz CT molecular complexity index is 281. The molecular formula is C6H3F3INO. The van der Waals surface area contributed by atoms with Crippen LogP contribution in [0.3, 0.4) is 0 Å². The largest absolute Gasteiger partial charge is 0.433 e. The van der Waals surface area contributed by atoms with E-state index in [1.54, 1.807) is 22.6 Å². The molecule has 0 atom stereocenters. The molecule has 0 aromatic carbocycles. The first-order chi connectivity index (χ1) is 5.59. The van der Waals surface area contributed by atoms with Gasteiger partial charge in [0.05, 0.1) is 3.57 Å². The van der Waals surface area contributed by atoms with Crippen molar-refractivity contribution in [2.75, 3.05) is 0 Å². The standard InChI is InChI=1S/C6H3F3INO/c7-5-1-4(12-6(8)9)3(10)2-11-5/h1-2,6H. The lowest BCUT2D eigenvalue weighted by atomic mass is 10.4. The number of hydrogen-bond acceptors (Lipinski definition) is 2. The summed E-state index contributed by atoms with van der Waals surface area (Å²) in [5, 5.41) is 0. The predicted molar refractivity (Wildman–Crippen MR) is 43.5 cm³/mol. The van der Waals surface area contributed by atoms with Gasteiger partial charge < -0.3 is 4.74 Å². The van der Waals surface area contributed by atoms with Gasteiger partial charge >= 0.3 is 6.61 Å². The average molecular weight is 289 g/mol. The van der Waals surface area contributed by atoms with Crippen LogP contribution in [-0.2, 0) is 0 Å². The zero-order chi connectivity index (χ0) is 9.14. The monoisotopic (exact) mass is 289 g/mol. The molecule has 0 radical (unpaired) electrons. The molecule has 0 aliphatic heterocycles. The zero-order valence-corrected chi connectivity index (χ0v) is 7.76. The van der Waals surface area contributed by atoms with Crippen LogP contribution in [0.15, 0.2) is 12.3 Å². The summed E-state index contributed by atoms with van der Waals surface area (Å²) >= 11 is 1.72. The molecule has 1 aromatic rings. The first-order valence-corrected chi connectivity index (χ1v) is 3.93. The van der Waals surface area contributed by atoms with Gasteiger partial charge in [-0.15, -0.1) is 0 Å². The van der Waals surface area contributed by atoms with Gasteiger partial charge in [-0.1, -0.05) is 0 Å². The minimum Gasteiger partial charge on any atom is -0.433 e. The van der Waals surface area contributed by atoms with Gasteiger partial charge in [0.15, 0.2) is 0 Å². The molecule has 0 aliphatic rings. The smallest absolute Gasteiger partial charge is 0.387 e. The fourth-order valence-corrected chi connectivity index (χ4v) is 1.00. The Labute approximate surface area is 79.9 Å².